The maximum Gasteiger partial charge on any atom is 0.0236 e. The van der Waals surface area contributed by atoms with E-state index in [4.69, 9.17) is 0 Å². The van der Waals surface area contributed by atoms with E-state index in [1.54, 1.807) is 0 Å². The van der Waals surface area contributed by atoms with E-state index in [0.717, 1.165) is 24.4 Å². The summed E-state index contributed by atoms with van der Waals surface area (Å²) in [5, 5.41) is 3.55. The van der Waals surface area contributed by atoms with Crippen molar-refractivity contribution in [2.75, 3.05) is 19.6 Å². The summed E-state index contributed by atoms with van der Waals surface area (Å²) < 4.78 is 0. The Balaban J connectivity index is 1.71. The highest BCUT2D eigenvalue weighted by Gasteiger charge is 2.42. The van der Waals surface area contributed by atoms with Crippen molar-refractivity contribution >= 4 is 0 Å². The second kappa shape index (κ2) is 5.02. The van der Waals surface area contributed by atoms with E-state index in [0.29, 0.717) is 0 Å². The van der Waals surface area contributed by atoms with Crippen LogP contribution in [0.4, 0.5) is 0 Å². The van der Waals surface area contributed by atoms with E-state index in [-0.39, 0.29) is 0 Å². The first kappa shape index (κ1) is 12.2. The second-order valence-corrected chi connectivity index (χ2v) is 5.97. The summed E-state index contributed by atoms with van der Waals surface area (Å²) >= 11 is 0. The van der Waals surface area contributed by atoms with Crippen LogP contribution in [0.5, 0.6) is 0 Å². The van der Waals surface area contributed by atoms with Crippen LogP contribution in [0.1, 0.15) is 24.5 Å². The number of likely N-dealkylation sites (tertiary alicyclic amines) is 1. The summed E-state index contributed by atoms with van der Waals surface area (Å²) in [4.78, 5) is 2.71. The van der Waals surface area contributed by atoms with Crippen molar-refractivity contribution in [2.45, 2.75) is 32.9 Å². The van der Waals surface area contributed by atoms with Gasteiger partial charge >= 0.3 is 0 Å². The molecule has 0 bridgehead atoms. The molecule has 2 heterocycles. The first-order valence-electron chi connectivity index (χ1n) is 7.28. The number of aryl methyl sites for hydroxylation is 1. The van der Waals surface area contributed by atoms with Gasteiger partial charge in [0.25, 0.3) is 0 Å². The number of nitrogens with zero attached hydrogens (tertiary/aromatic N) is 1. The van der Waals surface area contributed by atoms with E-state index >= 15 is 0 Å². The number of hydrogen-bond donors (Lipinski definition) is 1. The zero-order chi connectivity index (χ0) is 12.5. The fourth-order valence-electron chi connectivity index (χ4n) is 3.78. The van der Waals surface area contributed by atoms with Crippen molar-refractivity contribution < 1.29 is 0 Å². The predicted octanol–water partition coefficient (Wildman–Crippen LogP) is 2.42. The van der Waals surface area contributed by atoms with Crippen LogP contribution in [0.2, 0.25) is 0 Å². The minimum absolute atomic E-state index is 0.784. The Morgan fingerprint density at radius 2 is 2.00 bits per heavy atom. The molecule has 2 fully saturated rings. The summed E-state index contributed by atoms with van der Waals surface area (Å²) in [6.07, 6.45) is 1.29. The average Bonchev–Trinajstić information content (AvgIpc) is 2.92. The van der Waals surface area contributed by atoms with Crippen LogP contribution in [0.15, 0.2) is 24.3 Å². The fourth-order valence-corrected chi connectivity index (χ4v) is 3.78. The van der Waals surface area contributed by atoms with Gasteiger partial charge in [-0.2, -0.15) is 0 Å². The molecular weight excluding hydrogens is 220 g/mol. The second-order valence-electron chi connectivity index (χ2n) is 5.97. The van der Waals surface area contributed by atoms with Crippen molar-refractivity contribution in [1.82, 2.24) is 10.2 Å². The Morgan fingerprint density at radius 1 is 1.22 bits per heavy atom. The van der Waals surface area contributed by atoms with Crippen LogP contribution in [0, 0.1) is 18.8 Å². The van der Waals surface area contributed by atoms with E-state index < -0.39 is 0 Å². The van der Waals surface area contributed by atoms with Crippen LogP contribution >= 0.6 is 0 Å². The topological polar surface area (TPSA) is 15.3 Å². The molecule has 3 unspecified atom stereocenters. The highest BCUT2D eigenvalue weighted by Crippen LogP contribution is 2.35. The predicted molar refractivity (Wildman–Crippen MR) is 75.5 cm³/mol. The SMILES string of the molecule is CCC1C2CNCC2CN1Cc1ccc(C)cc1. The van der Waals surface area contributed by atoms with Gasteiger partial charge in [-0.1, -0.05) is 36.8 Å². The summed E-state index contributed by atoms with van der Waals surface area (Å²) in [7, 11) is 0. The molecule has 1 N–H and O–H groups in total. The van der Waals surface area contributed by atoms with Crippen molar-refractivity contribution in [3.63, 3.8) is 0 Å². The molecule has 0 saturated carbocycles. The van der Waals surface area contributed by atoms with Gasteiger partial charge in [0.05, 0.1) is 0 Å². The number of fused-ring (bicyclic) bond motifs is 1. The van der Waals surface area contributed by atoms with Gasteiger partial charge in [0.1, 0.15) is 0 Å². The fraction of sp³-hybridized carbons (Fsp3) is 0.625. The zero-order valence-corrected chi connectivity index (χ0v) is 11.5. The smallest absolute Gasteiger partial charge is 0.0236 e. The quantitative estimate of drug-likeness (QED) is 0.878. The van der Waals surface area contributed by atoms with E-state index in [1.807, 2.05) is 0 Å². The Labute approximate surface area is 110 Å². The minimum Gasteiger partial charge on any atom is -0.316 e. The lowest BCUT2D eigenvalue weighted by Gasteiger charge is -2.26. The molecule has 2 heteroatoms. The third-order valence-electron chi connectivity index (χ3n) is 4.75. The summed E-state index contributed by atoms with van der Waals surface area (Å²) in [5.74, 6) is 1.78. The third kappa shape index (κ3) is 2.19. The van der Waals surface area contributed by atoms with Crippen molar-refractivity contribution in [3.8, 4) is 0 Å². The molecular formula is C16H24N2. The highest BCUT2D eigenvalue weighted by molar-refractivity contribution is 5.21. The Bertz CT molecular complexity index is 398. The molecule has 3 rings (SSSR count). The molecule has 0 spiro atoms. The normalized spacial score (nSPS) is 31.8. The first-order chi connectivity index (χ1) is 8.78. The molecule has 0 amide bonds. The number of rotatable bonds is 3. The van der Waals surface area contributed by atoms with Gasteiger partial charge in [-0.15, -0.1) is 0 Å². The minimum atomic E-state index is 0.784. The van der Waals surface area contributed by atoms with E-state index in [2.05, 4.69) is 48.3 Å². The lowest BCUT2D eigenvalue weighted by atomic mass is 9.93. The molecule has 2 saturated heterocycles. The molecule has 1 aromatic rings. The van der Waals surface area contributed by atoms with E-state index in [9.17, 15) is 0 Å². The molecule has 2 nitrogen and oxygen atoms in total. The Kier molecular flexibility index (Phi) is 3.40. The molecule has 2 aliphatic heterocycles. The third-order valence-corrected chi connectivity index (χ3v) is 4.75. The Morgan fingerprint density at radius 3 is 2.72 bits per heavy atom. The van der Waals surface area contributed by atoms with Gasteiger partial charge in [-0.05, 0) is 43.8 Å². The van der Waals surface area contributed by atoms with Crippen LogP contribution in [-0.4, -0.2) is 30.6 Å². The summed E-state index contributed by atoms with van der Waals surface area (Å²) in [5.41, 5.74) is 2.82. The highest BCUT2D eigenvalue weighted by atomic mass is 15.2. The van der Waals surface area contributed by atoms with Gasteiger partial charge in [-0.3, -0.25) is 4.90 Å². The van der Waals surface area contributed by atoms with E-state index in [1.165, 1.54) is 37.2 Å². The molecule has 2 aliphatic rings. The van der Waals surface area contributed by atoms with Gasteiger partial charge in [-0.25, -0.2) is 0 Å². The lowest BCUT2D eigenvalue weighted by molar-refractivity contribution is 0.210. The summed E-state index contributed by atoms with van der Waals surface area (Å²) in [6, 6.07) is 9.82. The maximum atomic E-state index is 3.55. The van der Waals surface area contributed by atoms with Crippen molar-refractivity contribution in [1.29, 1.82) is 0 Å². The number of benzene rings is 1. The molecule has 0 aliphatic carbocycles. The van der Waals surface area contributed by atoms with Gasteiger partial charge in [0, 0.05) is 19.1 Å². The zero-order valence-electron chi connectivity index (χ0n) is 11.5. The van der Waals surface area contributed by atoms with Gasteiger partial charge in [0.15, 0.2) is 0 Å². The van der Waals surface area contributed by atoms with Crippen LogP contribution in [0.3, 0.4) is 0 Å². The Hall–Kier alpha value is -0.860. The monoisotopic (exact) mass is 244 g/mol. The molecule has 3 atom stereocenters. The molecule has 98 valence electrons. The van der Waals surface area contributed by atoms with Crippen molar-refractivity contribution in [2.24, 2.45) is 11.8 Å². The standard InChI is InChI=1S/C16H24N2/c1-3-16-15-9-17-8-14(15)11-18(16)10-13-6-4-12(2)5-7-13/h4-7,14-17H,3,8-11H2,1-2H3. The maximum absolute atomic E-state index is 3.55. The van der Waals surface area contributed by atoms with Crippen LogP contribution < -0.4 is 5.32 Å². The number of nitrogens with one attached hydrogen (secondary N) is 1. The molecule has 1 aromatic carbocycles. The first-order valence-corrected chi connectivity index (χ1v) is 7.28. The molecule has 0 aromatic heterocycles. The average molecular weight is 244 g/mol. The van der Waals surface area contributed by atoms with Crippen LogP contribution in [0.25, 0.3) is 0 Å². The molecule has 18 heavy (non-hydrogen) atoms. The largest absolute Gasteiger partial charge is 0.316 e. The summed E-state index contributed by atoms with van der Waals surface area (Å²) in [6.45, 7) is 9.37. The van der Waals surface area contributed by atoms with Gasteiger partial charge < -0.3 is 5.32 Å². The van der Waals surface area contributed by atoms with Gasteiger partial charge in [0.2, 0.25) is 0 Å². The van der Waals surface area contributed by atoms with Crippen molar-refractivity contribution in [3.05, 3.63) is 35.4 Å². The van der Waals surface area contributed by atoms with Crippen LogP contribution in [-0.2, 0) is 6.54 Å². The molecule has 0 radical (unpaired) electrons. The number of hydrogen-bond acceptors (Lipinski definition) is 2. The lowest BCUT2D eigenvalue weighted by Crippen LogP contribution is -2.34.